The molecule has 4 atom stereocenters. The van der Waals surface area contributed by atoms with Crippen LogP contribution in [0, 0.1) is 22.2 Å². The van der Waals surface area contributed by atoms with Crippen molar-refractivity contribution < 1.29 is 14.3 Å². The molecular formula is C20H36O3. The topological polar surface area (TPSA) is 35.5 Å². The minimum atomic E-state index is -0.560. The average Bonchev–Trinajstić information content (AvgIpc) is 2.75. The Kier molecular flexibility index (Phi) is 4.69. The van der Waals surface area contributed by atoms with Crippen molar-refractivity contribution in [2.75, 3.05) is 6.61 Å². The van der Waals surface area contributed by atoms with Crippen molar-refractivity contribution in [3.8, 4) is 0 Å². The minimum Gasteiger partial charge on any atom is -0.459 e. The lowest BCUT2D eigenvalue weighted by Gasteiger charge is -2.40. The standard InChI is InChI=1S/C20H36O3/c1-9-19(7,16(21)23-17(2,3)4)13-22-15-12-14-10-11-20(15,8)18(14,5)6/h14-15H,9-13H2,1-8H3. The number of rotatable bonds is 5. The lowest BCUT2D eigenvalue weighted by atomic mass is 9.70. The molecule has 0 radical (unpaired) electrons. The number of carbonyl (C=O) groups is 1. The molecule has 3 heteroatoms. The van der Waals surface area contributed by atoms with E-state index in [0.29, 0.717) is 12.0 Å². The molecule has 2 fully saturated rings. The summed E-state index contributed by atoms with van der Waals surface area (Å²) in [5.74, 6) is 0.618. The molecule has 134 valence electrons. The molecule has 0 aromatic heterocycles. The van der Waals surface area contributed by atoms with Gasteiger partial charge in [0.15, 0.2) is 0 Å². The first kappa shape index (κ1) is 18.8. The average molecular weight is 325 g/mol. The van der Waals surface area contributed by atoms with Gasteiger partial charge in [0.25, 0.3) is 0 Å². The summed E-state index contributed by atoms with van der Waals surface area (Å²) in [4.78, 5) is 12.6. The third-order valence-electron chi connectivity index (χ3n) is 6.99. The van der Waals surface area contributed by atoms with E-state index in [-0.39, 0.29) is 17.5 Å². The van der Waals surface area contributed by atoms with Gasteiger partial charge < -0.3 is 9.47 Å². The van der Waals surface area contributed by atoms with Crippen LogP contribution in [0.2, 0.25) is 0 Å². The van der Waals surface area contributed by atoms with Crippen LogP contribution in [0.4, 0.5) is 0 Å². The Bertz CT molecular complexity index is 462. The summed E-state index contributed by atoms with van der Waals surface area (Å²) in [6.07, 6.45) is 4.70. The van der Waals surface area contributed by atoms with Crippen LogP contribution in [0.15, 0.2) is 0 Å². The molecule has 23 heavy (non-hydrogen) atoms. The molecular weight excluding hydrogens is 288 g/mol. The van der Waals surface area contributed by atoms with E-state index in [1.165, 1.54) is 12.8 Å². The summed E-state index contributed by atoms with van der Waals surface area (Å²) in [6, 6.07) is 0. The predicted molar refractivity (Wildman–Crippen MR) is 93.2 cm³/mol. The van der Waals surface area contributed by atoms with Gasteiger partial charge in [0.2, 0.25) is 0 Å². The summed E-state index contributed by atoms with van der Waals surface area (Å²) in [5, 5.41) is 0. The normalized spacial score (nSPS) is 35.1. The summed E-state index contributed by atoms with van der Waals surface area (Å²) in [5.41, 5.74) is -0.435. The smallest absolute Gasteiger partial charge is 0.314 e. The maximum Gasteiger partial charge on any atom is 0.314 e. The Hall–Kier alpha value is -0.570. The molecule has 0 amide bonds. The number of ether oxygens (including phenoxy) is 2. The Balaban J connectivity index is 2.03. The van der Waals surface area contributed by atoms with Gasteiger partial charge in [0.1, 0.15) is 5.60 Å². The zero-order valence-electron chi connectivity index (χ0n) is 16.4. The zero-order valence-corrected chi connectivity index (χ0v) is 16.4. The van der Waals surface area contributed by atoms with E-state index in [9.17, 15) is 4.79 Å². The second kappa shape index (κ2) is 5.75. The van der Waals surface area contributed by atoms with Gasteiger partial charge in [-0.2, -0.15) is 0 Å². The molecule has 0 aromatic rings. The van der Waals surface area contributed by atoms with Crippen molar-refractivity contribution in [3.63, 3.8) is 0 Å². The second-order valence-electron chi connectivity index (χ2n) is 9.83. The van der Waals surface area contributed by atoms with Crippen LogP contribution in [0.25, 0.3) is 0 Å². The van der Waals surface area contributed by atoms with E-state index in [0.717, 1.165) is 18.8 Å². The molecule has 4 unspecified atom stereocenters. The maximum atomic E-state index is 12.6. The van der Waals surface area contributed by atoms with Gasteiger partial charge in [-0.3, -0.25) is 4.79 Å². The highest BCUT2D eigenvalue weighted by Crippen LogP contribution is 2.66. The largest absolute Gasteiger partial charge is 0.459 e. The van der Waals surface area contributed by atoms with Crippen LogP contribution in [0.3, 0.4) is 0 Å². The highest BCUT2D eigenvalue weighted by Gasteiger charge is 2.62. The number of hydrogen-bond donors (Lipinski definition) is 0. The SMILES string of the molecule is CCC(C)(COC1CC2CCC1(C)C2(C)C)C(=O)OC(C)(C)C. The van der Waals surface area contributed by atoms with Gasteiger partial charge in [-0.05, 0) is 70.1 Å². The van der Waals surface area contributed by atoms with E-state index in [1.54, 1.807) is 0 Å². The highest BCUT2D eigenvalue weighted by molar-refractivity contribution is 5.76. The van der Waals surface area contributed by atoms with Crippen LogP contribution in [0.1, 0.15) is 81.1 Å². The van der Waals surface area contributed by atoms with Crippen LogP contribution in [-0.2, 0) is 14.3 Å². The molecule has 0 aliphatic heterocycles. The Morgan fingerprint density at radius 3 is 2.17 bits per heavy atom. The van der Waals surface area contributed by atoms with E-state index >= 15 is 0 Å². The fraction of sp³-hybridized carbons (Fsp3) is 0.950. The van der Waals surface area contributed by atoms with E-state index in [1.807, 2.05) is 34.6 Å². The quantitative estimate of drug-likeness (QED) is 0.669. The molecule has 0 heterocycles. The van der Waals surface area contributed by atoms with Gasteiger partial charge in [-0.1, -0.05) is 27.7 Å². The monoisotopic (exact) mass is 324 g/mol. The Morgan fingerprint density at radius 2 is 1.78 bits per heavy atom. The number of hydrogen-bond acceptors (Lipinski definition) is 3. The van der Waals surface area contributed by atoms with Crippen molar-refractivity contribution in [2.45, 2.75) is 92.8 Å². The minimum absolute atomic E-state index is 0.139. The van der Waals surface area contributed by atoms with Gasteiger partial charge in [-0.25, -0.2) is 0 Å². The molecule has 2 rings (SSSR count). The highest BCUT2D eigenvalue weighted by atomic mass is 16.6. The lowest BCUT2D eigenvalue weighted by molar-refractivity contribution is -0.174. The summed E-state index contributed by atoms with van der Waals surface area (Å²) >= 11 is 0. The van der Waals surface area contributed by atoms with Gasteiger partial charge in [0, 0.05) is 0 Å². The lowest BCUT2D eigenvalue weighted by Crippen LogP contribution is -2.42. The predicted octanol–water partition coefficient (Wildman–Crippen LogP) is 4.98. The van der Waals surface area contributed by atoms with Crippen molar-refractivity contribution in [3.05, 3.63) is 0 Å². The fourth-order valence-electron chi connectivity index (χ4n) is 4.37. The van der Waals surface area contributed by atoms with Gasteiger partial charge in [-0.15, -0.1) is 0 Å². The molecule has 2 saturated carbocycles. The summed E-state index contributed by atoms with van der Waals surface area (Å²) in [7, 11) is 0. The molecule has 3 nitrogen and oxygen atoms in total. The zero-order chi connectivity index (χ0) is 17.7. The Morgan fingerprint density at radius 1 is 1.17 bits per heavy atom. The van der Waals surface area contributed by atoms with Crippen LogP contribution in [0.5, 0.6) is 0 Å². The first-order valence-corrected chi connectivity index (χ1v) is 9.21. The van der Waals surface area contributed by atoms with E-state index in [4.69, 9.17) is 9.47 Å². The van der Waals surface area contributed by atoms with Gasteiger partial charge in [0.05, 0.1) is 18.1 Å². The van der Waals surface area contributed by atoms with Crippen molar-refractivity contribution in [1.29, 1.82) is 0 Å². The molecule has 2 bridgehead atoms. The molecule has 2 aliphatic carbocycles. The summed E-state index contributed by atoms with van der Waals surface area (Å²) in [6.45, 7) is 17.4. The fourth-order valence-corrected chi connectivity index (χ4v) is 4.37. The number of fused-ring (bicyclic) bond motifs is 2. The van der Waals surface area contributed by atoms with Crippen LogP contribution in [-0.4, -0.2) is 24.3 Å². The van der Waals surface area contributed by atoms with Crippen LogP contribution >= 0.6 is 0 Å². The summed E-state index contributed by atoms with van der Waals surface area (Å²) < 4.78 is 12.0. The number of carbonyl (C=O) groups excluding carboxylic acids is 1. The third-order valence-corrected chi connectivity index (χ3v) is 6.99. The third kappa shape index (κ3) is 3.18. The first-order valence-electron chi connectivity index (χ1n) is 9.21. The second-order valence-corrected chi connectivity index (χ2v) is 9.83. The van der Waals surface area contributed by atoms with E-state index < -0.39 is 11.0 Å². The van der Waals surface area contributed by atoms with Crippen molar-refractivity contribution in [2.24, 2.45) is 22.2 Å². The molecule has 0 N–H and O–H groups in total. The molecule has 0 saturated heterocycles. The molecule has 0 spiro atoms. The Labute approximate surface area is 142 Å². The van der Waals surface area contributed by atoms with Gasteiger partial charge >= 0.3 is 5.97 Å². The maximum absolute atomic E-state index is 12.6. The molecule has 0 aromatic carbocycles. The van der Waals surface area contributed by atoms with Crippen LogP contribution < -0.4 is 0 Å². The number of esters is 1. The van der Waals surface area contributed by atoms with E-state index in [2.05, 4.69) is 20.8 Å². The first-order chi connectivity index (χ1) is 10.4. The van der Waals surface area contributed by atoms with Crippen molar-refractivity contribution >= 4 is 5.97 Å². The molecule has 2 aliphatic rings. The van der Waals surface area contributed by atoms with Crippen molar-refractivity contribution in [1.82, 2.24) is 0 Å².